The molecule has 0 bridgehead atoms. The van der Waals surface area contributed by atoms with E-state index in [2.05, 4.69) is 19.2 Å². The Morgan fingerprint density at radius 1 is 1.47 bits per heavy atom. The number of hydrogen-bond donors (Lipinski definition) is 2. The van der Waals surface area contributed by atoms with E-state index in [1.54, 1.807) is 25.3 Å². The predicted octanol–water partition coefficient (Wildman–Crippen LogP) is 3.04. The number of ether oxygens (including phenoxy) is 1. The van der Waals surface area contributed by atoms with Gasteiger partial charge in [-0.15, -0.1) is 0 Å². The summed E-state index contributed by atoms with van der Waals surface area (Å²) in [5.41, 5.74) is 7.15. The maximum absolute atomic E-state index is 12.3. The van der Waals surface area contributed by atoms with Gasteiger partial charge in [0.2, 0.25) is 5.91 Å². The number of rotatable bonds is 3. The molecule has 1 unspecified atom stereocenters. The Morgan fingerprint density at radius 2 is 2.21 bits per heavy atom. The first kappa shape index (κ1) is 13.7. The minimum absolute atomic E-state index is 0.0797. The van der Waals surface area contributed by atoms with Gasteiger partial charge in [-0.3, -0.25) is 4.79 Å². The number of nitrogens with two attached hydrogens (primary N) is 1. The molecule has 4 nitrogen and oxygen atoms in total. The number of nitrogen functional groups attached to an aromatic ring is 1. The van der Waals surface area contributed by atoms with Crippen LogP contribution in [0.3, 0.4) is 0 Å². The summed E-state index contributed by atoms with van der Waals surface area (Å²) in [5.74, 6) is 0.758. The summed E-state index contributed by atoms with van der Waals surface area (Å²) in [7, 11) is 1.57. The molecule has 3 N–H and O–H groups in total. The highest BCUT2D eigenvalue weighted by Crippen LogP contribution is 2.43. The molecule has 4 heteroatoms. The Bertz CT molecular complexity index is 483. The molecule has 1 aliphatic carbocycles. The minimum Gasteiger partial charge on any atom is -0.495 e. The summed E-state index contributed by atoms with van der Waals surface area (Å²) >= 11 is 0. The predicted molar refractivity (Wildman–Crippen MR) is 77.2 cm³/mol. The number of hydrogen-bond acceptors (Lipinski definition) is 3. The fourth-order valence-electron chi connectivity index (χ4n) is 2.83. The van der Waals surface area contributed by atoms with Gasteiger partial charge in [0.1, 0.15) is 5.75 Å². The topological polar surface area (TPSA) is 64.3 Å². The number of methoxy groups -OCH3 is 1. The maximum atomic E-state index is 12.3. The molecule has 1 saturated carbocycles. The summed E-state index contributed by atoms with van der Waals surface area (Å²) in [5, 5.41) is 2.97. The second-order valence-corrected chi connectivity index (χ2v) is 5.88. The van der Waals surface area contributed by atoms with Gasteiger partial charge in [0.05, 0.1) is 12.8 Å². The van der Waals surface area contributed by atoms with Crippen molar-refractivity contribution in [1.29, 1.82) is 0 Å². The van der Waals surface area contributed by atoms with Crippen molar-refractivity contribution in [2.24, 2.45) is 11.3 Å². The molecule has 1 aliphatic rings. The van der Waals surface area contributed by atoms with Crippen molar-refractivity contribution in [2.75, 3.05) is 18.2 Å². The highest BCUT2D eigenvalue weighted by atomic mass is 16.5. The van der Waals surface area contributed by atoms with Crippen molar-refractivity contribution in [2.45, 2.75) is 33.1 Å². The molecule has 2 rings (SSSR count). The molecule has 1 aromatic carbocycles. The first-order chi connectivity index (χ1) is 8.94. The average molecular weight is 262 g/mol. The van der Waals surface area contributed by atoms with Crippen LogP contribution in [0.1, 0.15) is 33.1 Å². The number of nitrogens with one attached hydrogen (secondary N) is 1. The lowest BCUT2D eigenvalue weighted by Crippen LogP contribution is -2.30. The molecule has 1 aromatic rings. The summed E-state index contributed by atoms with van der Waals surface area (Å²) in [4.78, 5) is 12.3. The van der Waals surface area contributed by atoms with Crippen LogP contribution in [0.5, 0.6) is 5.75 Å². The zero-order valence-corrected chi connectivity index (χ0v) is 11.8. The Balaban J connectivity index is 2.11. The third-order valence-corrected chi connectivity index (χ3v) is 4.07. The Morgan fingerprint density at radius 3 is 2.79 bits per heavy atom. The van der Waals surface area contributed by atoms with Crippen LogP contribution < -0.4 is 15.8 Å². The summed E-state index contributed by atoms with van der Waals surface area (Å²) in [6.07, 6.45) is 3.19. The largest absolute Gasteiger partial charge is 0.495 e. The van der Waals surface area contributed by atoms with Crippen molar-refractivity contribution in [3.05, 3.63) is 18.2 Å². The van der Waals surface area contributed by atoms with E-state index in [0.29, 0.717) is 11.4 Å². The highest BCUT2D eigenvalue weighted by molar-refractivity contribution is 5.93. The summed E-state index contributed by atoms with van der Waals surface area (Å²) in [6.45, 7) is 4.32. The first-order valence-corrected chi connectivity index (χ1v) is 6.68. The molecule has 0 saturated heterocycles. The van der Waals surface area contributed by atoms with Crippen LogP contribution in [-0.4, -0.2) is 13.0 Å². The maximum Gasteiger partial charge on any atom is 0.228 e. The van der Waals surface area contributed by atoms with E-state index < -0.39 is 0 Å². The fourth-order valence-corrected chi connectivity index (χ4v) is 2.83. The van der Waals surface area contributed by atoms with Crippen LogP contribution in [-0.2, 0) is 4.79 Å². The molecule has 0 spiro atoms. The number of anilines is 2. The van der Waals surface area contributed by atoms with Crippen molar-refractivity contribution in [1.82, 2.24) is 0 Å². The van der Waals surface area contributed by atoms with Gasteiger partial charge in [0.25, 0.3) is 0 Å². The van der Waals surface area contributed by atoms with E-state index in [1.165, 1.54) is 0 Å². The number of carbonyl (C=O) groups excluding carboxylic acids is 1. The number of amides is 1. The Labute approximate surface area is 114 Å². The molecular formula is C15H22N2O2. The molecule has 1 fully saturated rings. The number of benzene rings is 1. The molecule has 0 aliphatic heterocycles. The van der Waals surface area contributed by atoms with E-state index in [0.717, 1.165) is 24.9 Å². The second-order valence-electron chi connectivity index (χ2n) is 5.88. The summed E-state index contributed by atoms with van der Waals surface area (Å²) in [6, 6.07) is 5.31. The quantitative estimate of drug-likeness (QED) is 0.823. The Kier molecular flexibility index (Phi) is 3.69. The van der Waals surface area contributed by atoms with Crippen molar-refractivity contribution in [3.63, 3.8) is 0 Å². The molecule has 0 radical (unpaired) electrons. The lowest BCUT2D eigenvalue weighted by atomic mass is 9.81. The molecule has 104 valence electrons. The van der Waals surface area contributed by atoms with Gasteiger partial charge in [-0.2, -0.15) is 0 Å². The second kappa shape index (κ2) is 5.11. The lowest BCUT2D eigenvalue weighted by Gasteiger charge is -2.26. The first-order valence-electron chi connectivity index (χ1n) is 6.68. The van der Waals surface area contributed by atoms with Crippen LogP contribution in [0, 0.1) is 11.3 Å². The zero-order valence-electron chi connectivity index (χ0n) is 11.8. The third kappa shape index (κ3) is 2.83. The van der Waals surface area contributed by atoms with Crippen molar-refractivity contribution >= 4 is 17.3 Å². The van der Waals surface area contributed by atoms with Crippen LogP contribution in [0.15, 0.2) is 18.2 Å². The van der Waals surface area contributed by atoms with E-state index in [4.69, 9.17) is 10.5 Å². The molecule has 1 atom stereocenters. The number of carbonyl (C=O) groups is 1. The van der Waals surface area contributed by atoms with Gasteiger partial charge >= 0.3 is 0 Å². The van der Waals surface area contributed by atoms with Crippen LogP contribution in [0.25, 0.3) is 0 Å². The van der Waals surface area contributed by atoms with E-state index >= 15 is 0 Å². The lowest BCUT2D eigenvalue weighted by molar-refractivity contribution is -0.122. The van der Waals surface area contributed by atoms with Gasteiger partial charge in [-0.25, -0.2) is 0 Å². The smallest absolute Gasteiger partial charge is 0.228 e. The van der Waals surface area contributed by atoms with E-state index in [-0.39, 0.29) is 17.2 Å². The van der Waals surface area contributed by atoms with E-state index in [9.17, 15) is 4.79 Å². The van der Waals surface area contributed by atoms with Crippen LogP contribution >= 0.6 is 0 Å². The summed E-state index contributed by atoms with van der Waals surface area (Å²) < 4.78 is 5.16. The van der Waals surface area contributed by atoms with Crippen LogP contribution in [0.4, 0.5) is 11.4 Å². The monoisotopic (exact) mass is 262 g/mol. The van der Waals surface area contributed by atoms with Gasteiger partial charge in [-0.1, -0.05) is 20.3 Å². The van der Waals surface area contributed by atoms with Gasteiger partial charge in [0, 0.05) is 17.7 Å². The normalized spacial score (nSPS) is 21.1. The third-order valence-electron chi connectivity index (χ3n) is 4.07. The SMILES string of the molecule is COc1cc(NC(=O)C2CCCC2(C)C)ccc1N. The minimum atomic E-state index is 0.0797. The molecule has 1 amide bonds. The van der Waals surface area contributed by atoms with E-state index in [1.807, 2.05) is 0 Å². The van der Waals surface area contributed by atoms with Crippen molar-refractivity contribution < 1.29 is 9.53 Å². The molecular weight excluding hydrogens is 240 g/mol. The molecule has 19 heavy (non-hydrogen) atoms. The Hall–Kier alpha value is -1.71. The standard InChI is InChI=1S/C15H22N2O2/c1-15(2)8-4-5-11(15)14(18)17-10-6-7-12(16)13(9-10)19-3/h6-7,9,11H,4-5,8,16H2,1-3H3,(H,17,18). The molecule has 0 aromatic heterocycles. The van der Waals surface area contributed by atoms with Gasteiger partial charge < -0.3 is 15.8 Å². The molecule has 0 heterocycles. The van der Waals surface area contributed by atoms with Crippen molar-refractivity contribution in [3.8, 4) is 5.75 Å². The van der Waals surface area contributed by atoms with Gasteiger partial charge in [-0.05, 0) is 30.4 Å². The van der Waals surface area contributed by atoms with Crippen LogP contribution in [0.2, 0.25) is 0 Å². The average Bonchev–Trinajstić information content (AvgIpc) is 2.71. The zero-order chi connectivity index (χ0) is 14.0. The fraction of sp³-hybridized carbons (Fsp3) is 0.533. The highest BCUT2D eigenvalue weighted by Gasteiger charge is 2.39. The van der Waals surface area contributed by atoms with Gasteiger partial charge in [0.15, 0.2) is 0 Å².